The SMILES string of the molecule is C=CCNC(=O)c1cccc(C(=O)NCCc2ccc(S(N)(=O)=O)cc2)c1. The second-order valence-corrected chi connectivity index (χ2v) is 7.34. The van der Waals surface area contributed by atoms with Gasteiger partial charge in [-0.1, -0.05) is 24.3 Å². The molecule has 0 aliphatic carbocycles. The highest BCUT2D eigenvalue weighted by Crippen LogP contribution is 2.09. The Morgan fingerprint density at radius 2 is 1.59 bits per heavy atom. The van der Waals surface area contributed by atoms with Crippen LogP contribution in [0.15, 0.2) is 66.1 Å². The van der Waals surface area contributed by atoms with Crippen molar-refractivity contribution in [2.75, 3.05) is 13.1 Å². The van der Waals surface area contributed by atoms with Crippen molar-refractivity contribution in [3.05, 3.63) is 77.9 Å². The van der Waals surface area contributed by atoms with Gasteiger partial charge >= 0.3 is 0 Å². The van der Waals surface area contributed by atoms with Gasteiger partial charge in [0.15, 0.2) is 0 Å². The number of hydrogen-bond donors (Lipinski definition) is 3. The third-order valence-corrected chi connectivity index (χ3v) is 4.67. The summed E-state index contributed by atoms with van der Waals surface area (Å²) in [5.74, 6) is -0.575. The molecule has 8 heteroatoms. The van der Waals surface area contributed by atoms with Crippen molar-refractivity contribution >= 4 is 21.8 Å². The van der Waals surface area contributed by atoms with Crippen molar-refractivity contribution in [2.24, 2.45) is 5.14 Å². The lowest BCUT2D eigenvalue weighted by Gasteiger charge is -2.08. The predicted octanol–water partition coefficient (Wildman–Crippen LogP) is 1.22. The minimum absolute atomic E-state index is 0.0434. The Labute approximate surface area is 158 Å². The first-order valence-electron chi connectivity index (χ1n) is 8.20. The predicted molar refractivity (Wildman–Crippen MR) is 103 cm³/mol. The molecule has 0 saturated carbocycles. The summed E-state index contributed by atoms with van der Waals surface area (Å²) in [5, 5.41) is 10.5. The topological polar surface area (TPSA) is 118 Å². The maximum Gasteiger partial charge on any atom is 0.251 e. The molecule has 27 heavy (non-hydrogen) atoms. The van der Waals surface area contributed by atoms with Crippen molar-refractivity contribution in [3.63, 3.8) is 0 Å². The minimum Gasteiger partial charge on any atom is -0.352 e. The highest BCUT2D eigenvalue weighted by molar-refractivity contribution is 7.89. The van der Waals surface area contributed by atoms with Crippen LogP contribution in [-0.4, -0.2) is 33.3 Å². The summed E-state index contributed by atoms with van der Waals surface area (Å²) >= 11 is 0. The molecule has 0 fully saturated rings. The van der Waals surface area contributed by atoms with Crippen molar-refractivity contribution in [1.29, 1.82) is 0 Å². The lowest BCUT2D eigenvalue weighted by molar-refractivity contribution is 0.0954. The lowest BCUT2D eigenvalue weighted by atomic mass is 10.1. The number of primary sulfonamides is 1. The molecule has 0 unspecified atom stereocenters. The first-order chi connectivity index (χ1) is 12.8. The molecule has 2 aromatic rings. The summed E-state index contributed by atoms with van der Waals surface area (Å²) in [6.45, 7) is 4.24. The van der Waals surface area contributed by atoms with E-state index in [0.29, 0.717) is 30.6 Å². The molecule has 0 aliphatic rings. The molecule has 2 amide bonds. The summed E-state index contributed by atoms with van der Waals surface area (Å²) in [6, 6.07) is 12.6. The number of hydrogen-bond acceptors (Lipinski definition) is 4. The zero-order valence-electron chi connectivity index (χ0n) is 14.6. The molecule has 142 valence electrons. The molecule has 0 bridgehead atoms. The Hall–Kier alpha value is -2.97. The van der Waals surface area contributed by atoms with Crippen molar-refractivity contribution < 1.29 is 18.0 Å². The molecule has 0 saturated heterocycles. The van der Waals surface area contributed by atoms with Gasteiger partial charge in [0.2, 0.25) is 10.0 Å². The van der Waals surface area contributed by atoms with Gasteiger partial charge in [0.1, 0.15) is 0 Å². The van der Waals surface area contributed by atoms with Crippen LogP contribution in [0.3, 0.4) is 0 Å². The van der Waals surface area contributed by atoms with E-state index in [4.69, 9.17) is 5.14 Å². The van der Waals surface area contributed by atoms with Gasteiger partial charge in [0, 0.05) is 24.2 Å². The van der Waals surface area contributed by atoms with Crippen molar-refractivity contribution in [3.8, 4) is 0 Å². The summed E-state index contributed by atoms with van der Waals surface area (Å²) in [6.07, 6.45) is 2.10. The normalized spacial score (nSPS) is 10.9. The van der Waals surface area contributed by atoms with Crippen LogP contribution in [0.5, 0.6) is 0 Å². The summed E-state index contributed by atoms with van der Waals surface area (Å²) < 4.78 is 22.5. The van der Waals surface area contributed by atoms with E-state index in [9.17, 15) is 18.0 Å². The van der Waals surface area contributed by atoms with Gasteiger partial charge in [-0.05, 0) is 42.3 Å². The van der Waals surface area contributed by atoms with E-state index in [1.165, 1.54) is 18.2 Å². The van der Waals surface area contributed by atoms with Crippen LogP contribution in [0.1, 0.15) is 26.3 Å². The van der Waals surface area contributed by atoms with E-state index in [0.717, 1.165) is 5.56 Å². The minimum atomic E-state index is -3.71. The zero-order valence-corrected chi connectivity index (χ0v) is 15.5. The van der Waals surface area contributed by atoms with E-state index in [1.54, 1.807) is 36.4 Å². The first kappa shape index (κ1) is 20.3. The number of carbonyl (C=O) groups is 2. The maximum absolute atomic E-state index is 12.3. The molecule has 2 aromatic carbocycles. The van der Waals surface area contributed by atoms with Crippen LogP contribution in [0, 0.1) is 0 Å². The van der Waals surface area contributed by atoms with Crippen LogP contribution >= 0.6 is 0 Å². The fourth-order valence-corrected chi connectivity index (χ4v) is 2.85. The van der Waals surface area contributed by atoms with Gasteiger partial charge in [-0.15, -0.1) is 6.58 Å². The number of benzene rings is 2. The third-order valence-electron chi connectivity index (χ3n) is 3.75. The van der Waals surface area contributed by atoms with E-state index < -0.39 is 10.0 Å². The van der Waals surface area contributed by atoms with Crippen molar-refractivity contribution in [2.45, 2.75) is 11.3 Å². The molecular formula is C19H21N3O4S. The van der Waals surface area contributed by atoms with E-state index >= 15 is 0 Å². The highest BCUT2D eigenvalue weighted by atomic mass is 32.2. The molecule has 7 nitrogen and oxygen atoms in total. The molecule has 2 rings (SSSR count). The Balaban J connectivity index is 1.92. The fourth-order valence-electron chi connectivity index (χ4n) is 2.34. The second-order valence-electron chi connectivity index (χ2n) is 5.77. The molecule has 0 atom stereocenters. The summed E-state index contributed by atoms with van der Waals surface area (Å²) in [4.78, 5) is 24.2. The average Bonchev–Trinajstić information content (AvgIpc) is 2.65. The zero-order chi connectivity index (χ0) is 19.9. The monoisotopic (exact) mass is 387 g/mol. The molecule has 0 aliphatic heterocycles. The van der Waals surface area contributed by atoms with Gasteiger partial charge in [0.25, 0.3) is 11.8 Å². The van der Waals surface area contributed by atoms with Gasteiger partial charge in [-0.25, -0.2) is 13.6 Å². The smallest absolute Gasteiger partial charge is 0.251 e. The number of carbonyl (C=O) groups excluding carboxylic acids is 2. The third kappa shape index (κ3) is 6.05. The number of sulfonamides is 1. The van der Waals surface area contributed by atoms with E-state index in [1.807, 2.05) is 0 Å². The van der Waals surface area contributed by atoms with Crippen LogP contribution in [0.25, 0.3) is 0 Å². The number of amides is 2. The van der Waals surface area contributed by atoms with Gasteiger partial charge < -0.3 is 10.6 Å². The van der Waals surface area contributed by atoms with E-state index in [2.05, 4.69) is 17.2 Å². The molecule has 0 radical (unpaired) electrons. The lowest BCUT2D eigenvalue weighted by Crippen LogP contribution is -2.27. The Bertz CT molecular complexity index is 938. The number of rotatable bonds is 8. The number of nitrogens with two attached hydrogens (primary N) is 1. The van der Waals surface area contributed by atoms with Crippen molar-refractivity contribution in [1.82, 2.24) is 10.6 Å². The number of nitrogens with one attached hydrogen (secondary N) is 2. The molecule has 0 aromatic heterocycles. The molecule has 0 spiro atoms. The van der Waals surface area contributed by atoms with Crippen LogP contribution in [0.2, 0.25) is 0 Å². The Morgan fingerprint density at radius 1 is 1.00 bits per heavy atom. The van der Waals surface area contributed by atoms with E-state index in [-0.39, 0.29) is 16.7 Å². The van der Waals surface area contributed by atoms with Gasteiger partial charge in [-0.3, -0.25) is 9.59 Å². The van der Waals surface area contributed by atoms with Gasteiger partial charge in [0.05, 0.1) is 4.90 Å². The summed E-state index contributed by atoms with van der Waals surface area (Å²) in [7, 11) is -3.71. The van der Waals surface area contributed by atoms with Crippen LogP contribution in [-0.2, 0) is 16.4 Å². The van der Waals surface area contributed by atoms with Crippen LogP contribution in [0.4, 0.5) is 0 Å². The fraction of sp³-hybridized carbons (Fsp3) is 0.158. The van der Waals surface area contributed by atoms with Gasteiger partial charge in [-0.2, -0.15) is 0 Å². The Kier molecular flexibility index (Phi) is 6.86. The highest BCUT2D eigenvalue weighted by Gasteiger charge is 2.10. The molecular weight excluding hydrogens is 366 g/mol. The second kappa shape index (κ2) is 9.11. The summed E-state index contributed by atoms with van der Waals surface area (Å²) in [5.41, 5.74) is 1.63. The van der Waals surface area contributed by atoms with Crippen LogP contribution < -0.4 is 15.8 Å². The largest absolute Gasteiger partial charge is 0.352 e. The molecule has 4 N–H and O–H groups in total. The standard InChI is InChI=1S/C19H21N3O4S/c1-2-11-21-18(23)15-4-3-5-16(13-15)19(24)22-12-10-14-6-8-17(9-7-14)27(20,25)26/h2-9,13H,1,10-12H2,(H,21,23)(H,22,24)(H2,20,25,26). The quantitative estimate of drug-likeness (QED) is 0.590. The first-order valence-corrected chi connectivity index (χ1v) is 9.75. The molecule has 0 heterocycles. The Morgan fingerprint density at radius 3 is 2.15 bits per heavy atom. The maximum atomic E-state index is 12.3. The average molecular weight is 387 g/mol.